The lowest BCUT2D eigenvalue weighted by Crippen LogP contribution is -2.25. The minimum atomic E-state index is -3.43. The van der Waals surface area contributed by atoms with Crippen molar-refractivity contribution < 1.29 is 13.5 Å². The third kappa shape index (κ3) is 3.30. The van der Waals surface area contributed by atoms with Gasteiger partial charge < -0.3 is 5.11 Å². The normalized spacial score (nSPS) is 11.7. The minimum absolute atomic E-state index is 0.0184. The summed E-state index contributed by atoms with van der Waals surface area (Å²) in [7, 11) is -3.43. The Morgan fingerprint density at radius 3 is 2.50 bits per heavy atom. The third-order valence-electron chi connectivity index (χ3n) is 2.42. The molecule has 0 aromatic heterocycles. The van der Waals surface area contributed by atoms with Crippen LogP contribution in [0.3, 0.4) is 0 Å². The van der Waals surface area contributed by atoms with Crippen LogP contribution in [0.25, 0.3) is 0 Å². The quantitative estimate of drug-likeness (QED) is 0.757. The molecule has 5 heteroatoms. The lowest BCUT2D eigenvalue weighted by Gasteiger charge is -2.07. The van der Waals surface area contributed by atoms with Crippen molar-refractivity contribution >= 4 is 10.0 Å². The molecule has 4 nitrogen and oxygen atoms in total. The fourth-order valence-electron chi connectivity index (χ4n) is 1.25. The molecule has 1 aromatic rings. The van der Waals surface area contributed by atoms with Crippen LogP contribution in [0.4, 0.5) is 0 Å². The number of aliphatic hydroxyl groups is 1. The third-order valence-corrected chi connectivity index (χ3v) is 3.87. The van der Waals surface area contributed by atoms with Crippen LogP contribution in [0, 0.1) is 13.8 Å². The maximum atomic E-state index is 11.8. The summed E-state index contributed by atoms with van der Waals surface area (Å²) < 4.78 is 26.0. The Labute approximate surface area is 96.4 Å². The minimum Gasteiger partial charge on any atom is -0.396 e. The van der Waals surface area contributed by atoms with E-state index >= 15 is 0 Å². The van der Waals surface area contributed by atoms with Crippen LogP contribution in [-0.4, -0.2) is 26.7 Å². The molecule has 2 N–H and O–H groups in total. The van der Waals surface area contributed by atoms with Crippen molar-refractivity contribution in [1.29, 1.82) is 0 Å². The Morgan fingerprint density at radius 1 is 1.25 bits per heavy atom. The highest BCUT2D eigenvalue weighted by atomic mass is 32.2. The highest BCUT2D eigenvalue weighted by Crippen LogP contribution is 2.14. The molecule has 0 atom stereocenters. The van der Waals surface area contributed by atoms with Crippen LogP contribution in [0.1, 0.15) is 17.5 Å². The Balaban J connectivity index is 2.86. The molecule has 1 aromatic carbocycles. The van der Waals surface area contributed by atoms with Gasteiger partial charge in [-0.1, -0.05) is 6.07 Å². The van der Waals surface area contributed by atoms with Crippen molar-refractivity contribution in [2.45, 2.75) is 25.2 Å². The molecular weight excluding hydrogens is 226 g/mol. The number of nitrogens with one attached hydrogen (secondary N) is 1. The molecule has 16 heavy (non-hydrogen) atoms. The van der Waals surface area contributed by atoms with Gasteiger partial charge >= 0.3 is 0 Å². The van der Waals surface area contributed by atoms with Gasteiger partial charge in [-0.05, 0) is 43.5 Å². The van der Waals surface area contributed by atoms with E-state index in [1.165, 1.54) is 0 Å². The maximum Gasteiger partial charge on any atom is 0.240 e. The zero-order chi connectivity index (χ0) is 12.2. The number of aryl methyl sites for hydroxylation is 2. The molecular formula is C11H17NO3S. The predicted molar refractivity (Wildman–Crippen MR) is 62.8 cm³/mol. The van der Waals surface area contributed by atoms with E-state index in [1.54, 1.807) is 18.2 Å². The van der Waals surface area contributed by atoms with Crippen molar-refractivity contribution in [3.63, 3.8) is 0 Å². The molecule has 1 rings (SSSR count). The van der Waals surface area contributed by atoms with Crippen molar-refractivity contribution in [2.24, 2.45) is 0 Å². The molecule has 0 saturated carbocycles. The molecule has 0 aliphatic carbocycles. The first-order valence-corrected chi connectivity index (χ1v) is 6.63. The summed E-state index contributed by atoms with van der Waals surface area (Å²) >= 11 is 0. The molecule has 0 amide bonds. The van der Waals surface area contributed by atoms with Crippen molar-refractivity contribution in [1.82, 2.24) is 4.72 Å². The monoisotopic (exact) mass is 243 g/mol. The summed E-state index contributed by atoms with van der Waals surface area (Å²) in [5.41, 5.74) is 2.01. The summed E-state index contributed by atoms with van der Waals surface area (Å²) in [5, 5.41) is 8.58. The lowest BCUT2D eigenvalue weighted by molar-refractivity contribution is 0.289. The smallest absolute Gasteiger partial charge is 0.240 e. The van der Waals surface area contributed by atoms with Gasteiger partial charge in [0.15, 0.2) is 0 Å². The number of benzene rings is 1. The van der Waals surface area contributed by atoms with Crippen molar-refractivity contribution in [2.75, 3.05) is 13.2 Å². The molecule has 90 valence electrons. The predicted octanol–water partition coefficient (Wildman–Crippen LogP) is 0.964. The van der Waals surface area contributed by atoms with E-state index < -0.39 is 10.0 Å². The van der Waals surface area contributed by atoms with E-state index in [0.29, 0.717) is 6.42 Å². The van der Waals surface area contributed by atoms with Crippen LogP contribution in [0.2, 0.25) is 0 Å². The van der Waals surface area contributed by atoms with E-state index in [4.69, 9.17) is 5.11 Å². The fourth-order valence-corrected chi connectivity index (χ4v) is 2.41. The van der Waals surface area contributed by atoms with Crippen LogP contribution < -0.4 is 4.72 Å². The van der Waals surface area contributed by atoms with Crippen molar-refractivity contribution in [3.05, 3.63) is 29.3 Å². The van der Waals surface area contributed by atoms with Gasteiger partial charge in [-0.25, -0.2) is 13.1 Å². The van der Waals surface area contributed by atoms with Gasteiger partial charge in [0.05, 0.1) is 4.90 Å². The number of sulfonamides is 1. The van der Waals surface area contributed by atoms with Crippen molar-refractivity contribution in [3.8, 4) is 0 Å². The molecule has 0 aliphatic heterocycles. The standard InChI is InChI=1S/C11H17NO3S/c1-9-4-5-11(8-10(9)2)16(14,15)12-6-3-7-13/h4-5,8,12-13H,3,6-7H2,1-2H3. The largest absolute Gasteiger partial charge is 0.396 e. The number of hydrogen-bond donors (Lipinski definition) is 2. The van der Waals surface area contributed by atoms with E-state index in [-0.39, 0.29) is 18.0 Å². The SMILES string of the molecule is Cc1ccc(S(=O)(=O)NCCCO)cc1C. The second kappa shape index (κ2) is 5.43. The molecule has 0 radical (unpaired) electrons. The molecule has 0 aliphatic rings. The van der Waals surface area contributed by atoms with Crippen LogP contribution >= 0.6 is 0 Å². The van der Waals surface area contributed by atoms with Gasteiger partial charge in [0.2, 0.25) is 10.0 Å². The van der Waals surface area contributed by atoms with E-state index in [9.17, 15) is 8.42 Å². The number of rotatable bonds is 5. The van der Waals surface area contributed by atoms with Gasteiger partial charge in [0.25, 0.3) is 0 Å². The van der Waals surface area contributed by atoms with Crippen LogP contribution in [-0.2, 0) is 10.0 Å². The first-order valence-electron chi connectivity index (χ1n) is 5.15. The summed E-state index contributed by atoms with van der Waals surface area (Å²) in [6.45, 7) is 4.05. The van der Waals surface area contributed by atoms with E-state index in [1.807, 2.05) is 13.8 Å². The van der Waals surface area contributed by atoms with Gasteiger partial charge in [0.1, 0.15) is 0 Å². The Morgan fingerprint density at radius 2 is 1.94 bits per heavy atom. The topological polar surface area (TPSA) is 66.4 Å². The zero-order valence-corrected chi connectivity index (χ0v) is 10.3. The first kappa shape index (κ1) is 13.2. The molecule has 0 fully saturated rings. The summed E-state index contributed by atoms with van der Waals surface area (Å²) in [6.07, 6.45) is 0.421. The first-order chi connectivity index (χ1) is 7.47. The zero-order valence-electron chi connectivity index (χ0n) is 9.53. The molecule has 0 bridgehead atoms. The van der Waals surface area contributed by atoms with Gasteiger partial charge in [0, 0.05) is 13.2 Å². The van der Waals surface area contributed by atoms with Crippen LogP contribution in [0.15, 0.2) is 23.1 Å². The molecule has 0 saturated heterocycles. The highest BCUT2D eigenvalue weighted by molar-refractivity contribution is 7.89. The number of hydrogen-bond acceptors (Lipinski definition) is 3. The summed E-state index contributed by atoms with van der Waals surface area (Å²) in [6, 6.07) is 5.02. The summed E-state index contributed by atoms with van der Waals surface area (Å²) in [5.74, 6) is 0. The average molecular weight is 243 g/mol. The van der Waals surface area contributed by atoms with Crippen LogP contribution in [0.5, 0.6) is 0 Å². The van der Waals surface area contributed by atoms with Gasteiger partial charge in [-0.15, -0.1) is 0 Å². The molecule has 0 unspecified atom stereocenters. The van der Waals surface area contributed by atoms with E-state index in [2.05, 4.69) is 4.72 Å². The molecule has 0 heterocycles. The lowest BCUT2D eigenvalue weighted by atomic mass is 10.1. The second-order valence-corrected chi connectivity index (χ2v) is 5.49. The fraction of sp³-hybridized carbons (Fsp3) is 0.455. The Bertz CT molecular complexity index is 454. The second-order valence-electron chi connectivity index (χ2n) is 3.72. The van der Waals surface area contributed by atoms with Gasteiger partial charge in [-0.3, -0.25) is 0 Å². The summed E-state index contributed by atoms with van der Waals surface area (Å²) in [4.78, 5) is 0.272. The Kier molecular flexibility index (Phi) is 4.46. The highest BCUT2D eigenvalue weighted by Gasteiger charge is 2.13. The Hall–Kier alpha value is -0.910. The van der Waals surface area contributed by atoms with Gasteiger partial charge in [-0.2, -0.15) is 0 Å². The number of aliphatic hydroxyl groups excluding tert-OH is 1. The average Bonchev–Trinajstić information content (AvgIpc) is 2.22. The van der Waals surface area contributed by atoms with E-state index in [0.717, 1.165) is 11.1 Å². The maximum absolute atomic E-state index is 11.8. The molecule has 0 spiro atoms.